The Morgan fingerprint density at radius 3 is 1.50 bits per heavy atom. The van der Waals surface area contributed by atoms with Gasteiger partial charge in [0.2, 0.25) is 11.8 Å². The van der Waals surface area contributed by atoms with Crippen LogP contribution in [0, 0.1) is 0 Å². The van der Waals surface area contributed by atoms with Crippen LogP contribution in [0.3, 0.4) is 0 Å². The summed E-state index contributed by atoms with van der Waals surface area (Å²) < 4.78 is 2.86. The quantitative estimate of drug-likeness (QED) is 0.507. The molecule has 152 valence electrons. The van der Waals surface area contributed by atoms with Gasteiger partial charge in [-0.2, -0.15) is 0 Å². The Morgan fingerprint density at radius 1 is 0.767 bits per heavy atom. The number of aromatic nitrogens is 6. The van der Waals surface area contributed by atoms with Crippen molar-refractivity contribution in [2.45, 2.75) is 25.9 Å². The lowest BCUT2D eigenvalue weighted by Crippen LogP contribution is -2.25. The van der Waals surface area contributed by atoms with Gasteiger partial charge in [-0.05, 0) is 49.2 Å². The average Bonchev–Trinajstić information content (AvgIpc) is 3.36. The number of Topliss-reactive ketones (excluding diaryl/α,β-unsaturated/α-hetero) is 1. The van der Waals surface area contributed by atoms with Crippen LogP contribution in [0.2, 0.25) is 0 Å². The maximum atomic E-state index is 13.1. The van der Waals surface area contributed by atoms with Gasteiger partial charge in [-0.15, -0.1) is 10.2 Å². The van der Waals surface area contributed by atoms with Crippen molar-refractivity contribution in [3.63, 3.8) is 0 Å². The van der Waals surface area contributed by atoms with Crippen LogP contribution in [-0.2, 0) is 4.79 Å². The van der Waals surface area contributed by atoms with E-state index in [9.17, 15) is 15.0 Å². The molecule has 2 atom stereocenters. The molecule has 4 aromatic heterocycles. The van der Waals surface area contributed by atoms with E-state index in [2.05, 4.69) is 20.2 Å². The number of hydrogen-bond donors (Lipinski definition) is 2. The zero-order valence-corrected chi connectivity index (χ0v) is 16.4. The SMILES string of the molecule is CC(C(=O)C(C)n1cc(-c2ccncc2)c(O)n1)n1cc(-c2ccncc2)c(O)n1. The molecule has 4 rings (SSSR count). The van der Waals surface area contributed by atoms with Gasteiger partial charge in [0.25, 0.3) is 0 Å². The fraction of sp³-hybridized carbons (Fsp3) is 0.190. The molecule has 4 aromatic rings. The predicted octanol–water partition coefficient (Wildman–Crippen LogP) is 3.01. The van der Waals surface area contributed by atoms with Crippen LogP contribution in [0.15, 0.2) is 61.4 Å². The Bertz CT molecular complexity index is 1080. The third-order valence-corrected chi connectivity index (χ3v) is 5.02. The van der Waals surface area contributed by atoms with Gasteiger partial charge in [0.1, 0.15) is 12.1 Å². The number of nitrogens with zero attached hydrogens (tertiary/aromatic N) is 6. The maximum absolute atomic E-state index is 13.1. The number of aromatic hydroxyl groups is 2. The second-order valence-electron chi connectivity index (χ2n) is 6.92. The molecule has 0 saturated carbocycles. The number of carbonyl (C=O) groups excluding carboxylic acids is 1. The summed E-state index contributed by atoms with van der Waals surface area (Å²) in [6, 6.07) is 5.70. The van der Waals surface area contributed by atoms with Crippen molar-refractivity contribution in [2.75, 3.05) is 0 Å². The summed E-state index contributed by atoms with van der Waals surface area (Å²) in [6.07, 6.45) is 9.73. The molecule has 0 fully saturated rings. The molecule has 0 aliphatic carbocycles. The summed E-state index contributed by atoms with van der Waals surface area (Å²) in [6.45, 7) is 3.41. The van der Waals surface area contributed by atoms with Gasteiger partial charge in [0.15, 0.2) is 5.78 Å². The second-order valence-corrected chi connectivity index (χ2v) is 6.92. The first-order valence-electron chi connectivity index (χ1n) is 9.36. The highest BCUT2D eigenvalue weighted by molar-refractivity contribution is 5.86. The Hall–Kier alpha value is -4.01. The van der Waals surface area contributed by atoms with Crippen LogP contribution in [0.4, 0.5) is 0 Å². The minimum atomic E-state index is -0.655. The number of hydrogen-bond acceptors (Lipinski definition) is 7. The lowest BCUT2D eigenvalue weighted by molar-refractivity contribution is -0.125. The van der Waals surface area contributed by atoms with Gasteiger partial charge < -0.3 is 10.2 Å². The topological polar surface area (TPSA) is 119 Å². The molecule has 9 nitrogen and oxygen atoms in total. The zero-order valence-electron chi connectivity index (χ0n) is 16.4. The van der Waals surface area contributed by atoms with E-state index in [1.54, 1.807) is 75.3 Å². The highest BCUT2D eigenvalue weighted by atomic mass is 16.3. The standard InChI is InChI=1S/C21H20N6O3/c1-13(26-11-17(20(29)24-26)15-3-7-22-8-4-15)19(28)14(2)27-12-18(21(30)25-27)16-5-9-23-10-6-16/h3-14H,1-2H3,(H,24,29)(H,25,30). The van der Waals surface area contributed by atoms with Crippen molar-refractivity contribution >= 4 is 5.78 Å². The monoisotopic (exact) mass is 404 g/mol. The molecule has 0 bridgehead atoms. The number of pyridine rings is 2. The Labute approximate surface area is 172 Å². The van der Waals surface area contributed by atoms with E-state index in [-0.39, 0.29) is 17.5 Å². The minimum absolute atomic E-state index is 0.162. The van der Waals surface area contributed by atoms with Gasteiger partial charge in [-0.25, -0.2) is 0 Å². The van der Waals surface area contributed by atoms with E-state index in [0.29, 0.717) is 11.1 Å². The fourth-order valence-electron chi connectivity index (χ4n) is 3.24. The minimum Gasteiger partial charge on any atom is -0.492 e. The molecule has 0 aliphatic rings. The summed E-state index contributed by atoms with van der Waals surface area (Å²) in [5.74, 6) is -0.502. The lowest BCUT2D eigenvalue weighted by atomic mass is 10.1. The molecular formula is C21H20N6O3. The first-order valence-corrected chi connectivity index (χ1v) is 9.36. The van der Waals surface area contributed by atoms with Gasteiger partial charge in [-0.1, -0.05) is 0 Å². The van der Waals surface area contributed by atoms with Crippen molar-refractivity contribution in [3.05, 3.63) is 61.4 Å². The molecule has 0 amide bonds. The van der Waals surface area contributed by atoms with Crippen LogP contribution in [-0.4, -0.2) is 45.5 Å². The van der Waals surface area contributed by atoms with Gasteiger partial charge >= 0.3 is 0 Å². The summed E-state index contributed by atoms with van der Waals surface area (Å²) in [5, 5.41) is 28.6. The predicted molar refractivity (Wildman–Crippen MR) is 109 cm³/mol. The number of rotatable bonds is 6. The van der Waals surface area contributed by atoms with E-state index >= 15 is 0 Å². The van der Waals surface area contributed by atoms with Crippen LogP contribution in [0.1, 0.15) is 25.9 Å². The van der Waals surface area contributed by atoms with Crippen LogP contribution >= 0.6 is 0 Å². The third kappa shape index (κ3) is 3.52. The Morgan fingerprint density at radius 2 is 1.13 bits per heavy atom. The molecule has 0 radical (unpaired) electrons. The Balaban J connectivity index is 1.58. The van der Waals surface area contributed by atoms with E-state index in [0.717, 1.165) is 11.1 Å². The first-order chi connectivity index (χ1) is 14.5. The highest BCUT2D eigenvalue weighted by Crippen LogP contribution is 2.31. The molecule has 2 unspecified atom stereocenters. The molecule has 30 heavy (non-hydrogen) atoms. The second kappa shape index (κ2) is 7.78. The molecule has 2 N–H and O–H groups in total. The van der Waals surface area contributed by atoms with Crippen molar-refractivity contribution in [2.24, 2.45) is 0 Å². The zero-order chi connectivity index (χ0) is 21.3. The van der Waals surface area contributed by atoms with Crippen LogP contribution in [0.5, 0.6) is 11.8 Å². The van der Waals surface area contributed by atoms with Crippen molar-refractivity contribution in [1.82, 2.24) is 29.5 Å². The third-order valence-electron chi connectivity index (χ3n) is 5.02. The van der Waals surface area contributed by atoms with E-state index < -0.39 is 12.1 Å². The summed E-state index contributed by atoms with van der Waals surface area (Å²) in [5.41, 5.74) is 2.53. The van der Waals surface area contributed by atoms with E-state index in [4.69, 9.17) is 0 Å². The summed E-state index contributed by atoms with van der Waals surface area (Å²) >= 11 is 0. The fourth-order valence-corrected chi connectivity index (χ4v) is 3.24. The van der Waals surface area contributed by atoms with Crippen LogP contribution < -0.4 is 0 Å². The highest BCUT2D eigenvalue weighted by Gasteiger charge is 2.26. The lowest BCUT2D eigenvalue weighted by Gasteiger charge is -2.16. The number of ketones is 1. The smallest absolute Gasteiger partial charge is 0.238 e. The molecule has 0 aliphatic heterocycles. The van der Waals surface area contributed by atoms with E-state index in [1.807, 2.05) is 0 Å². The Kier molecular flexibility index (Phi) is 5.01. The molecule has 0 aromatic carbocycles. The van der Waals surface area contributed by atoms with E-state index in [1.165, 1.54) is 9.36 Å². The van der Waals surface area contributed by atoms with Crippen molar-refractivity contribution in [1.29, 1.82) is 0 Å². The summed E-state index contributed by atoms with van der Waals surface area (Å²) in [4.78, 5) is 21.0. The molecule has 9 heteroatoms. The molecule has 0 saturated heterocycles. The average molecular weight is 404 g/mol. The van der Waals surface area contributed by atoms with Gasteiger partial charge in [-0.3, -0.25) is 24.1 Å². The number of carbonyl (C=O) groups is 1. The molecule has 4 heterocycles. The van der Waals surface area contributed by atoms with Gasteiger partial charge in [0, 0.05) is 37.2 Å². The van der Waals surface area contributed by atoms with Crippen molar-refractivity contribution < 1.29 is 15.0 Å². The first kappa shape index (κ1) is 19.3. The largest absolute Gasteiger partial charge is 0.492 e. The maximum Gasteiger partial charge on any atom is 0.238 e. The van der Waals surface area contributed by atoms with Gasteiger partial charge in [0.05, 0.1) is 11.1 Å². The molecule has 0 spiro atoms. The normalized spacial score (nSPS) is 13.1. The van der Waals surface area contributed by atoms with Crippen molar-refractivity contribution in [3.8, 4) is 34.0 Å². The van der Waals surface area contributed by atoms with Crippen LogP contribution in [0.25, 0.3) is 22.3 Å². The molecular weight excluding hydrogens is 384 g/mol. The summed E-state index contributed by atoms with van der Waals surface area (Å²) in [7, 11) is 0.